The predicted octanol–water partition coefficient (Wildman–Crippen LogP) is 4.00. The van der Waals surface area contributed by atoms with Crippen molar-refractivity contribution in [2.24, 2.45) is 0 Å². The molecule has 5 rings (SSSR count). The molecule has 9 heteroatoms. The summed E-state index contributed by atoms with van der Waals surface area (Å²) in [5, 5.41) is 4.00. The van der Waals surface area contributed by atoms with Crippen LogP contribution in [0.3, 0.4) is 0 Å². The topological polar surface area (TPSA) is 95.0 Å². The van der Waals surface area contributed by atoms with Crippen LogP contribution in [0.5, 0.6) is 11.5 Å². The van der Waals surface area contributed by atoms with Gasteiger partial charge >= 0.3 is 0 Å². The summed E-state index contributed by atoms with van der Waals surface area (Å²) in [7, 11) is 2.98. The first-order valence-electron chi connectivity index (χ1n) is 9.68. The van der Waals surface area contributed by atoms with Gasteiger partial charge in [0.15, 0.2) is 11.2 Å². The highest BCUT2D eigenvalue weighted by atomic mass is 19.1. The zero-order chi connectivity index (χ0) is 22.6. The van der Waals surface area contributed by atoms with Crippen LogP contribution in [-0.4, -0.2) is 25.3 Å². The summed E-state index contributed by atoms with van der Waals surface area (Å²) in [6.45, 7) is 1.69. The molecule has 0 N–H and O–H groups in total. The molecule has 1 amide bonds. The highest BCUT2D eigenvalue weighted by molar-refractivity contribution is 6.10. The SMILES string of the molecule is COc1ccc(OC)c([C@@H]2c3c(oc4ccc(F)cc4c3=O)C(=O)N2c2cc(C)on2)c1. The summed E-state index contributed by atoms with van der Waals surface area (Å²) >= 11 is 0. The molecule has 0 bridgehead atoms. The molecule has 0 aliphatic carbocycles. The standard InChI is InChI=1S/C23H17FN2O6/c1-11-8-18(25-32-11)26-20(14-10-13(29-2)5-7-16(14)30-3)19-21(27)15-9-12(24)4-6-17(15)31-22(19)23(26)28/h4-10,20H,1-3H3/t20-/m1/s1. The number of aromatic nitrogens is 1. The lowest BCUT2D eigenvalue weighted by Crippen LogP contribution is -2.30. The molecule has 1 aliphatic heterocycles. The third kappa shape index (κ3) is 2.85. The van der Waals surface area contributed by atoms with Crippen LogP contribution < -0.4 is 19.8 Å². The van der Waals surface area contributed by atoms with E-state index in [2.05, 4.69) is 5.16 Å². The van der Waals surface area contributed by atoms with Crippen molar-refractivity contribution in [1.29, 1.82) is 0 Å². The van der Waals surface area contributed by atoms with E-state index in [0.29, 0.717) is 22.8 Å². The molecule has 0 unspecified atom stereocenters. The minimum Gasteiger partial charge on any atom is -0.497 e. The lowest BCUT2D eigenvalue weighted by molar-refractivity contribution is 0.0969. The number of methoxy groups -OCH3 is 2. The van der Waals surface area contributed by atoms with Gasteiger partial charge in [0.05, 0.1) is 25.2 Å². The number of nitrogens with zero attached hydrogens (tertiary/aromatic N) is 2. The summed E-state index contributed by atoms with van der Waals surface area (Å²) in [4.78, 5) is 28.3. The van der Waals surface area contributed by atoms with Gasteiger partial charge in [0.2, 0.25) is 5.76 Å². The van der Waals surface area contributed by atoms with Crippen LogP contribution in [0.15, 0.2) is 56.2 Å². The molecule has 1 aliphatic rings. The molecule has 2 aromatic carbocycles. The van der Waals surface area contributed by atoms with E-state index in [9.17, 15) is 14.0 Å². The number of carbonyl (C=O) groups is 1. The van der Waals surface area contributed by atoms with Gasteiger partial charge in [-0.2, -0.15) is 0 Å². The van der Waals surface area contributed by atoms with Crippen molar-refractivity contribution in [3.05, 3.63) is 81.2 Å². The summed E-state index contributed by atoms with van der Waals surface area (Å²) in [6, 6.07) is 9.23. The minimum absolute atomic E-state index is 0.0293. The number of hydrogen-bond donors (Lipinski definition) is 0. The van der Waals surface area contributed by atoms with E-state index in [0.717, 1.165) is 6.07 Å². The molecule has 2 aromatic heterocycles. The van der Waals surface area contributed by atoms with E-state index < -0.39 is 23.2 Å². The molecule has 0 saturated carbocycles. The minimum atomic E-state index is -0.962. The van der Waals surface area contributed by atoms with Gasteiger partial charge in [-0.15, -0.1) is 0 Å². The third-order valence-corrected chi connectivity index (χ3v) is 5.43. The maximum Gasteiger partial charge on any atom is 0.296 e. The number of benzene rings is 2. The van der Waals surface area contributed by atoms with E-state index in [1.807, 2.05) is 0 Å². The number of amides is 1. The highest BCUT2D eigenvalue weighted by Crippen LogP contribution is 2.44. The quantitative estimate of drug-likeness (QED) is 0.477. The van der Waals surface area contributed by atoms with Crippen molar-refractivity contribution in [2.75, 3.05) is 19.1 Å². The van der Waals surface area contributed by atoms with Crippen molar-refractivity contribution < 1.29 is 27.6 Å². The number of halogens is 1. The third-order valence-electron chi connectivity index (χ3n) is 5.43. The van der Waals surface area contributed by atoms with E-state index in [-0.39, 0.29) is 28.1 Å². The lowest BCUT2D eigenvalue weighted by atomic mass is 9.97. The average Bonchev–Trinajstić information content (AvgIpc) is 3.34. The molecule has 1 atom stereocenters. The molecule has 0 radical (unpaired) electrons. The van der Waals surface area contributed by atoms with Crippen molar-refractivity contribution in [2.45, 2.75) is 13.0 Å². The van der Waals surface area contributed by atoms with Crippen LogP contribution in [0.4, 0.5) is 10.2 Å². The van der Waals surface area contributed by atoms with E-state index in [4.69, 9.17) is 18.4 Å². The summed E-state index contributed by atoms with van der Waals surface area (Å²) in [5.74, 6) is 0.273. The highest BCUT2D eigenvalue weighted by Gasteiger charge is 2.46. The number of rotatable bonds is 4. The largest absolute Gasteiger partial charge is 0.497 e. The molecule has 0 spiro atoms. The fraction of sp³-hybridized carbons (Fsp3) is 0.174. The molecule has 162 valence electrons. The Balaban J connectivity index is 1.86. The zero-order valence-electron chi connectivity index (χ0n) is 17.3. The number of anilines is 1. The van der Waals surface area contributed by atoms with E-state index in [1.165, 1.54) is 31.3 Å². The molecular weight excluding hydrogens is 419 g/mol. The second-order valence-electron chi connectivity index (χ2n) is 7.30. The molecule has 0 saturated heterocycles. The average molecular weight is 436 g/mol. The first-order valence-corrected chi connectivity index (χ1v) is 9.68. The van der Waals surface area contributed by atoms with Crippen LogP contribution in [0, 0.1) is 12.7 Å². The number of hydrogen-bond acceptors (Lipinski definition) is 7. The molecule has 0 fully saturated rings. The monoisotopic (exact) mass is 436 g/mol. The van der Waals surface area contributed by atoms with Gasteiger partial charge in [-0.1, -0.05) is 5.16 Å². The van der Waals surface area contributed by atoms with E-state index >= 15 is 0 Å². The van der Waals surface area contributed by atoms with Gasteiger partial charge in [0.25, 0.3) is 5.91 Å². The Morgan fingerprint density at radius 3 is 2.56 bits per heavy atom. The Morgan fingerprint density at radius 2 is 1.88 bits per heavy atom. The van der Waals surface area contributed by atoms with Crippen LogP contribution >= 0.6 is 0 Å². The Morgan fingerprint density at radius 1 is 1.06 bits per heavy atom. The normalized spacial score (nSPS) is 15.3. The maximum absolute atomic E-state index is 13.9. The van der Waals surface area contributed by atoms with Crippen LogP contribution in [0.1, 0.15) is 33.5 Å². The number of ether oxygens (including phenoxy) is 2. The molecule has 4 aromatic rings. The number of fused-ring (bicyclic) bond motifs is 2. The summed E-state index contributed by atoms with van der Waals surface area (Å²) in [5.41, 5.74) is 0.118. The fourth-order valence-electron chi connectivity index (χ4n) is 4.00. The van der Waals surface area contributed by atoms with Crippen LogP contribution in [0.25, 0.3) is 11.0 Å². The van der Waals surface area contributed by atoms with E-state index in [1.54, 1.807) is 31.2 Å². The van der Waals surface area contributed by atoms with Crippen LogP contribution in [-0.2, 0) is 0 Å². The van der Waals surface area contributed by atoms with Crippen LogP contribution in [0.2, 0.25) is 0 Å². The Bertz CT molecular complexity index is 1440. The molecular formula is C23H17FN2O6. The van der Waals surface area contributed by atoms with Gasteiger partial charge in [-0.25, -0.2) is 4.39 Å². The molecule has 32 heavy (non-hydrogen) atoms. The zero-order valence-corrected chi connectivity index (χ0v) is 17.3. The smallest absolute Gasteiger partial charge is 0.296 e. The lowest BCUT2D eigenvalue weighted by Gasteiger charge is -2.24. The Kier molecular flexibility index (Phi) is 4.47. The summed E-state index contributed by atoms with van der Waals surface area (Å²) in [6.07, 6.45) is 0. The molecule has 3 heterocycles. The first-order chi connectivity index (χ1) is 15.4. The summed E-state index contributed by atoms with van der Waals surface area (Å²) < 4.78 is 35.7. The Hall–Kier alpha value is -4.14. The van der Waals surface area contributed by atoms with Crippen molar-refractivity contribution in [1.82, 2.24) is 5.16 Å². The van der Waals surface area contributed by atoms with Gasteiger partial charge < -0.3 is 18.4 Å². The van der Waals surface area contributed by atoms with Crippen molar-refractivity contribution in [3.8, 4) is 11.5 Å². The number of carbonyl (C=O) groups excluding carboxylic acids is 1. The number of aryl methyl sites for hydroxylation is 1. The predicted molar refractivity (Wildman–Crippen MR) is 112 cm³/mol. The van der Waals surface area contributed by atoms with Crippen molar-refractivity contribution in [3.63, 3.8) is 0 Å². The van der Waals surface area contributed by atoms with Gasteiger partial charge in [-0.05, 0) is 43.3 Å². The fourth-order valence-corrected chi connectivity index (χ4v) is 4.00. The second-order valence-corrected chi connectivity index (χ2v) is 7.30. The second kappa shape index (κ2) is 7.23. The van der Waals surface area contributed by atoms with Gasteiger partial charge in [0.1, 0.15) is 34.7 Å². The van der Waals surface area contributed by atoms with Crippen molar-refractivity contribution >= 4 is 22.7 Å². The first kappa shape index (κ1) is 19.8. The van der Waals surface area contributed by atoms with Gasteiger partial charge in [-0.3, -0.25) is 14.5 Å². The molecule has 8 nitrogen and oxygen atoms in total. The maximum atomic E-state index is 13.9. The Labute approximate surface area is 180 Å². The van der Waals surface area contributed by atoms with Gasteiger partial charge in [0, 0.05) is 11.6 Å².